The second kappa shape index (κ2) is 9.62. The maximum absolute atomic E-state index is 14.0. The van der Waals surface area contributed by atoms with Gasteiger partial charge in [-0.3, -0.25) is 9.59 Å². The van der Waals surface area contributed by atoms with E-state index in [1.54, 1.807) is 11.8 Å². The summed E-state index contributed by atoms with van der Waals surface area (Å²) in [7, 11) is -3.47. The Bertz CT molecular complexity index is 903. The Morgan fingerprint density at radius 1 is 1.10 bits per heavy atom. The third kappa shape index (κ3) is 4.95. The molecule has 2 heterocycles. The van der Waals surface area contributed by atoms with Crippen molar-refractivity contribution >= 4 is 33.4 Å². The zero-order valence-corrected chi connectivity index (χ0v) is 18.6. The highest BCUT2D eigenvalue weighted by atomic mass is 35.5. The van der Waals surface area contributed by atoms with E-state index in [1.165, 1.54) is 21.3 Å². The average molecular weight is 460 g/mol. The van der Waals surface area contributed by atoms with Gasteiger partial charge in [-0.15, -0.1) is 0 Å². The van der Waals surface area contributed by atoms with E-state index in [9.17, 15) is 22.4 Å². The van der Waals surface area contributed by atoms with Gasteiger partial charge in [-0.1, -0.05) is 24.9 Å². The van der Waals surface area contributed by atoms with Gasteiger partial charge < -0.3 is 9.80 Å². The summed E-state index contributed by atoms with van der Waals surface area (Å²) in [6, 6.07) is 3.16. The van der Waals surface area contributed by atoms with E-state index in [-0.39, 0.29) is 48.4 Å². The summed E-state index contributed by atoms with van der Waals surface area (Å²) in [5.74, 6) is -1.28. The molecule has 3 rings (SSSR count). The standard InChI is InChI=1S/C20H27ClFN3O4S/c1-2-13-30(28,29)25-8-4-3-5-18(25)20(27)24-11-9-23(10-12-24)19(26)16-14-15(21)6-7-17(16)22/h6-7,14,18H,2-5,8-13H2,1H3. The molecular formula is C20H27ClFN3O4S. The van der Waals surface area contributed by atoms with Gasteiger partial charge in [0.25, 0.3) is 5.91 Å². The van der Waals surface area contributed by atoms with Gasteiger partial charge in [-0.2, -0.15) is 4.31 Å². The number of sulfonamides is 1. The molecule has 166 valence electrons. The molecule has 2 aliphatic heterocycles. The molecule has 1 aromatic rings. The third-order valence-electron chi connectivity index (χ3n) is 5.60. The second-order valence-electron chi connectivity index (χ2n) is 7.68. The van der Waals surface area contributed by atoms with Crippen LogP contribution in [0.2, 0.25) is 5.02 Å². The molecule has 2 amide bonds. The number of hydrogen-bond acceptors (Lipinski definition) is 4. The summed E-state index contributed by atoms with van der Waals surface area (Å²) in [4.78, 5) is 28.8. The molecule has 0 spiro atoms. The highest BCUT2D eigenvalue weighted by molar-refractivity contribution is 7.89. The molecule has 2 aliphatic rings. The highest BCUT2D eigenvalue weighted by Crippen LogP contribution is 2.24. The summed E-state index contributed by atoms with van der Waals surface area (Å²) < 4.78 is 40.6. The van der Waals surface area contributed by atoms with Crippen molar-refractivity contribution in [1.29, 1.82) is 0 Å². The first-order chi connectivity index (χ1) is 14.2. The highest BCUT2D eigenvalue weighted by Gasteiger charge is 2.39. The minimum atomic E-state index is -3.47. The monoisotopic (exact) mass is 459 g/mol. The summed E-state index contributed by atoms with van der Waals surface area (Å²) in [5, 5.41) is 0.277. The number of nitrogens with zero attached hydrogens (tertiary/aromatic N) is 3. The number of piperidine rings is 1. The summed E-state index contributed by atoms with van der Waals surface area (Å²) in [6.45, 7) is 3.24. The van der Waals surface area contributed by atoms with Gasteiger partial charge in [0.15, 0.2) is 0 Å². The molecule has 7 nitrogen and oxygen atoms in total. The van der Waals surface area contributed by atoms with E-state index in [0.29, 0.717) is 19.4 Å². The molecule has 0 bridgehead atoms. The number of piperazine rings is 1. The van der Waals surface area contributed by atoms with Crippen molar-refractivity contribution in [3.63, 3.8) is 0 Å². The van der Waals surface area contributed by atoms with Crippen molar-refractivity contribution in [1.82, 2.24) is 14.1 Å². The molecule has 10 heteroatoms. The van der Waals surface area contributed by atoms with Crippen LogP contribution in [0, 0.1) is 5.82 Å². The smallest absolute Gasteiger partial charge is 0.257 e. The van der Waals surface area contributed by atoms with E-state index in [2.05, 4.69) is 0 Å². The van der Waals surface area contributed by atoms with Crippen LogP contribution in [0.3, 0.4) is 0 Å². The van der Waals surface area contributed by atoms with Crippen LogP contribution in [0.15, 0.2) is 18.2 Å². The second-order valence-corrected chi connectivity index (χ2v) is 10.2. The molecule has 0 radical (unpaired) electrons. The number of benzene rings is 1. The lowest BCUT2D eigenvalue weighted by atomic mass is 10.0. The van der Waals surface area contributed by atoms with Crippen LogP contribution in [-0.4, -0.2) is 78.9 Å². The van der Waals surface area contributed by atoms with Crippen molar-refractivity contribution in [3.8, 4) is 0 Å². The number of hydrogen-bond donors (Lipinski definition) is 0. The molecule has 2 fully saturated rings. The van der Waals surface area contributed by atoms with Gasteiger partial charge in [-0.05, 0) is 37.5 Å². The first-order valence-electron chi connectivity index (χ1n) is 10.3. The van der Waals surface area contributed by atoms with Crippen LogP contribution < -0.4 is 0 Å². The Morgan fingerprint density at radius 3 is 2.43 bits per heavy atom. The quantitative estimate of drug-likeness (QED) is 0.677. The van der Waals surface area contributed by atoms with Crippen LogP contribution in [0.4, 0.5) is 4.39 Å². The van der Waals surface area contributed by atoms with Crippen LogP contribution in [0.5, 0.6) is 0 Å². The van der Waals surface area contributed by atoms with E-state index >= 15 is 0 Å². The molecule has 0 aliphatic carbocycles. The Morgan fingerprint density at radius 2 is 1.77 bits per heavy atom. The first-order valence-corrected chi connectivity index (χ1v) is 12.3. The molecule has 0 N–H and O–H groups in total. The van der Waals surface area contributed by atoms with Crippen LogP contribution in [-0.2, 0) is 14.8 Å². The molecule has 0 aromatic heterocycles. The molecule has 1 unspecified atom stereocenters. The van der Waals surface area contributed by atoms with Gasteiger partial charge in [-0.25, -0.2) is 12.8 Å². The predicted octanol–water partition coefficient (Wildman–Crippen LogP) is 2.36. The SMILES string of the molecule is CCCS(=O)(=O)N1CCCCC1C(=O)N1CCN(C(=O)c2cc(Cl)ccc2F)CC1. The molecule has 0 saturated carbocycles. The van der Waals surface area contributed by atoms with Crippen LogP contribution in [0.1, 0.15) is 43.0 Å². The number of carbonyl (C=O) groups excluding carboxylic acids is 2. The predicted molar refractivity (Wildman–Crippen MR) is 112 cm³/mol. The maximum atomic E-state index is 14.0. The van der Waals surface area contributed by atoms with E-state index < -0.39 is 27.8 Å². The largest absolute Gasteiger partial charge is 0.338 e. The Balaban J connectivity index is 1.66. The van der Waals surface area contributed by atoms with Gasteiger partial charge in [0.05, 0.1) is 11.3 Å². The molecule has 1 atom stereocenters. The normalized spacial score (nSPS) is 21.0. The first kappa shape index (κ1) is 23.0. The zero-order valence-electron chi connectivity index (χ0n) is 17.0. The molecule has 1 aromatic carbocycles. The average Bonchev–Trinajstić information content (AvgIpc) is 2.74. The summed E-state index contributed by atoms with van der Waals surface area (Å²) in [6.07, 6.45) is 2.57. The number of amides is 2. The Hall–Kier alpha value is -1.71. The van der Waals surface area contributed by atoms with Crippen molar-refractivity contribution in [2.75, 3.05) is 38.5 Å². The minimum Gasteiger partial charge on any atom is -0.338 e. The van der Waals surface area contributed by atoms with Gasteiger partial charge in [0.2, 0.25) is 15.9 Å². The zero-order chi connectivity index (χ0) is 21.9. The Kier molecular flexibility index (Phi) is 7.36. The van der Waals surface area contributed by atoms with Crippen molar-refractivity contribution in [2.45, 2.75) is 38.6 Å². The third-order valence-corrected chi connectivity index (χ3v) is 7.91. The molecule has 2 saturated heterocycles. The van der Waals surface area contributed by atoms with E-state index in [1.807, 2.05) is 0 Å². The summed E-state index contributed by atoms with van der Waals surface area (Å²) >= 11 is 5.88. The number of halogens is 2. The maximum Gasteiger partial charge on any atom is 0.257 e. The van der Waals surface area contributed by atoms with Crippen molar-refractivity contribution in [2.24, 2.45) is 0 Å². The van der Waals surface area contributed by atoms with E-state index in [4.69, 9.17) is 11.6 Å². The van der Waals surface area contributed by atoms with Gasteiger partial charge in [0, 0.05) is 37.7 Å². The lowest BCUT2D eigenvalue weighted by Gasteiger charge is -2.40. The fourth-order valence-corrected chi connectivity index (χ4v) is 5.95. The number of rotatable bonds is 5. The fraction of sp³-hybridized carbons (Fsp3) is 0.600. The molecule has 30 heavy (non-hydrogen) atoms. The van der Waals surface area contributed by atoms with Crippen molar-refractivity contribution in [3.05, 3.63) is 34.6 Å². The topological polar surface area (TPSA) is 78.0 Å². The molecular weight excluding hydrogens is 433 g/mol. The van der Waals surface area contributed by atoms with Crippen LogP contribution >= 0.6 is 11.6 Å². The lowest BCUT2D eigenvalue weighted by Crippen LogP contribution is -2.58. The van der Waals surface area contributed by atoms with E-state index in [0.717, 1.165) is 18.9 Å². The summed E-state index contributed by atoms with van der Waals surface area (Å²) in [5.41, 5.74) is -0.0913. The Labute approximate surface area is 181 Å². The lowest BCUT2D eigenvalue weighted by molar-refractivity contribution is -0.137. The fourth-order valence-electron chi connectivity index (χ4n) is 4.03. The number of carbonyl (C=O) groups is 2. The van der Waals surface area contributed by atoms with Gasteiger partial charge >= 0.3 is 0 Å². The van der Waals surface area contributed by atoms with Gasteiger partial charge in [0.1, 0.15) is 11.9 Å². The van der Waals surface area contributed by atoms with Crippen molar-refractivity contribution < 1.29 is 22.4 Å². The minimum absolute atomic E-state index is 0.0320. The van der Waals surface area contributed by atoms with Crippen LogP contribution in [0.25, 0.3) is 0 Å².